The zero-order valence-corrected chi connectivity index (χ0v) is 23.3. The lowest BCUT2D eigenvalue weighted by Crippen LogP contribution is -2.52. The molecule has 5 nitrogen and oxygen atoms in total. The molecule has 1 fully saturated rings. The van der Waals surface area contributed by atoms with Crippen molar-refractivity contribution in [2.24, 2.45) is 5.41 Å². The summed E-state index contributed by atoms with van der Waals surface area (Å²) in [6.45, 7) is 20.6. The molecule has 1 aliphatic heterocycles. The number of carbonyl (C=O) groups excluding carboxylic acids is 1. The van der Waals surface area contributed by atoms with Crippen molar-refractivity contribution in [1.29, 1.82) is 0 Å². The van der Waals surface area contributed by atoms with Gasteiger partial charge in [-0.1, -0.05) is 65.0 Å². The molecule has 1 heterocycles. The van der Waals surface area contributed by atoms with Gasteiger partial charge in [0.15, 0.2) is 14.1 Å². The Hall–Kier alpha value is -1.05. The molecule has 1 aromatic carbocycles. The van der Waals surface area contributed by atoms with Crippen LogP contribution in [-0.4, -0.2) is 45.3 Å². The molecule has 3 atom stereocenters. The maximum Gasteiger partial charge on any atom is 0.192 e. The SMILES string of the molecule is CC1(C)O[C@@H](C[C@H](CC=O)O[Si](C)(C)C(C)(C)C)C[C@H](C(C)(C)COCc2ccccc2)O1. The molecule has 0 saturated carbocycles. The van der Waals surface area contributed by atoms with E-state index in [4.69, 9.17) is 18.6 Å². The number of hydrogen-bond acceptors (Lipinski definition) is 5. The number of hydrogen-bond donors (Lipinski definition) is 0. The van der Waals surface area contributed by atoms with Gasteiger partial charge in [0.2, 0.25) is 0 Å². The fourth-order valence-corrected chi connectivity index (χ4v) is 5.39. The molecule has 0 aromatic heterocycles. The van der Waals surface area contributed by atoms with Gasteiger partial charge in [-0.15, -0.1) is 0 Å². The topological polar surface area (TPSA) is 54.0 Å². The van der Waals surface area contributed by atoms with E-state index in [1.165, 1.54) is 5.56 Å². The molecule has 0 N–H and O–H groups in total. The maximum atomic E-state index is 11.4. The van der Waals surface area contributed by atoms with Crippen LogP contribution in [0.2, 0.25) is 18.1 Å². The normalized spacial score (nSPS) is 22.7. The maximum absolute atomic E-state index is 11.4. The van der Waals surface area contributed by atoms with Crippen LogP contribution in [0, 0.1) is 5.41 Å². The number of benzene rings is 1. The van der Waals surface area contributed by atoms with Crippen molar-refractivity contribution in [3.8, 4) is 0 Å². The highest BCUT2D eigenvalue weighted by Gasteiger charge is 2.44. The van der Waals surface area contributed by atoms with Gasteiger partial charge in [-0.25, -0.2) is 0 Å². The van der Waals surface area contributed by atoms with E-state index < -0.39 is 14.1 Å². The van der Waals surface area contributed by atoms with Gasteiger partial charge in [0, 0.05) is 18.3 Å². The minimum absolute atomic E-state index is 0.0215. The van der Waals surface area contributed by atoms with E-state index in [1.54, 1.807) is 0 Å². The molecule has 0 bridgehead atoms. The molecule has 0 radical (unpaired) electrons. The Bertz CT molecular complexity index is 739. The summed E-state index contributed by atoms with van der Waals surface area (Å²) >= 11 is 0. The summed E-state index contributed by atoms with van der Waals surface area (Å²) in [5.41, 5.74) is 0.980. The van der Waals surface area contributed by atoms with Crippen LogP contribution < -0.4 is 0 Å². The van der Waals surface area contributed by atoms with Gasteiger partial charge < -0.3 is 23.4 Å². The molecular formula is C27H46O5Si. The van der Waals surface area contributed by atoms with E-state index in [9.17, 15) is 4.79 Å². The minimum Gasteiger partial charge on any atom is -0.413 e. The molecule has 1 saturated heterocycles. The Labute approximate surface area is 202 Å². The summed E-state index contributed by atoms with van der Waals surface area (Å²) in [6.07, 6.45) is 2.61. The Morgan fingerprint density at radius 2 is 1.76 bits per heavy atom. The summed E-state index contributed by atoms with van der Waals surface area (Å²) in [4.78, 5) is 11.4. The average Bonchev–Trinajstić information content (AvgIpc) is 2.66. The summed E-state index contributed by atoms with van der Waals surface area (Å²) in [5.74, 6) is -0.701. The molecule has 0 unspecified atom stereocenters. The number of aldehydes is 1. The van der Waals surface area contributed by atoms with E-state index >= 15 is 0 Å². The van der Waals surface area contributed by atoms with Crippen LogP contribution in [0.1, 0.15) is 73.3 Å². The van der Waals surface area contributed by atoms with Crippen LogP contribution in [0.3, 0.4) is 0 Å². The molecule has 188 valence electrons. The quantitative estimate of drug-likeness (QED) is 0.268. The molecule has 1 aliphatic rings. The Balaban J connectivity index is 2.04. The fourth-order valence-electron chi connectivity index (χ4n) is 4.02. The zero-order valence-electron chi connectivity index (χ0n) is 22.3. The highest BCUT2D eigenvalue weighted by atomic mass is 28.4. The summed E-state index contributed by atoms with van der Waals surface area (Å²) in [7, 11) is -1.99. The molecule has 1 aromatic rings. The molecule has 0 spiro atoms. The minimum atomic E-state index is -1.99. The Morgan fingerprint density at radius 3 is 2.33 bits per heavy atom. The van der Waals surface area contributed by atoms with Crippen molar-refractivity contribution in [1.82, 2.24) is 0 Å². The average molecular weight is 479 g/mol. The first-order chi connectivity index (χ1) is 15.2. The van der Waals surface area contributed by atoms with E-state index in [0.29, 0.717) is 26.1 Å². The van der Waals surface area contributed by atoms with Crippen LogP contribution in [0.5, 0.6) is 0 Å². The van der Waals surface area contributed by atoms with Crippen molar-refractivity contribution < 1.29 is 23.4 Å². The monoisotopic (exact) mass is 478 g/mol. The van der Waals surface area contributed by atoms with Gasteiger partial charge in [0.05, 0.1) is 31.5 Å². The lowest BCUT2D eigenvalue weighted by atomic mass is 9.82. The third kappa shape index (κ3) is 8.59. The second kappa shape index (κ2) is 11.1. The number of rotatable bonds is 11. The third-order valence-corrected chi connectivity index (χ3v) is 11.5. The highest BCUT2D eigenvalue weighted by molar-refractivity contribution is 6.74. The van der Waals surface area contributed by atoms with Crippen molar-refractivity contribution in [2.45, 2.75) is 117 Å². The van der Waals surface area contributed by atoms with Crippen LogP contribution in [0.25, 0.3) is 0 Å². The number of carbonyl (C=O) groups is 1. The smallest absolute Gasteiger partial charge is 0.192 e. The molecule has 0 aliphatic carbocycles. The largest absolute Gasteiger partial charge is 0.413 e. The molecule has 6 heteroatoms. The van der Waals surface area contributed by atoms with Gasteiger partial charge in [-0.3, -0.25) is 0 Å². The van der Waals surface area contributed by atoms with Gasteiger partial charge in [0.1, 0.15) is 6.29 Å². The van der Waals surface area contributed by atoms with E-state index in [-0.39, 0.29) is 28.8 Å². The van der Waals surface area contributed by atoms with Crippen molar-refractivity contribution in [2.75, 3.05) is 6.61 Å². The zero-order chi connectivity index (χ0) is 24.9. The van der Waals surface area contributed by atoms with Crippen LogP contribution in [0.15, 0.2) is 30.3 Å². The Kier molecular flexibility index (Phi) is 9.50. The van der Waals surface area contributed by atoms with Gasteiger partial charge in [0.25, 0.3) is 0 Å². The lowest BCUT2D eigenvalue weighted by molar-refractivity contribution is -0.321. The van der Waals surface area contributed by atoms with Crippen molar-refractivity contribution in [3.63, 3.8) is 0 Å². The molecule has 0 amide bonds. The van der Waals surface area contributed by atoms with Crippen molar-refractivity contribution in [3.05, 3.63) is 35.9 Å². The Morgan fingerprint density at radius 1 is 1.12 bits per heavy atom. The van der Waals surface area contributed by atoms with E-state index in [0.717, 1.165) is 12.7 Å². The van der Waals surface area contributed by atoms with Gasteiger partial charge >= 0.3 is 0 Å². The molecule has 33 heavy (non-hydrogen) atoms. The van der Waals surface area contributed by atoms with Crippen LogP contribution in [-0.2, 0) is 30.0 Å². The third-order valence-electron chi connectivity index (χ3n) is 6.96. The van der Waals surface area contributed by atoms with Crippen LogP contribution >= 0.6 is 0 Å². The lowest BCUT2D eigenvalue weighted by Gasteiger charge is -2.47. The summed E-state index contributed by atoms with van der Waals surface area (Å²) in [5, 5.41) is 0.0879. The first-order valence-corrected chi connectivity index (χ1v) is 15.1. The standard InChI is InChI=1S/C27H46O5Si/c1-25(2,3)33(8,9)32-22(15-16-28)17-23-18-24(31-27(6,7)30-23)26(4,5)20-29-19-21-13-11-10-12-14-21/h10-14,16,22-24H,15,17-20H2,1-9H3/t22-,23-,24+/m0/s1. The van der Waals surface area contributed by atoms with Crippen LogP contribution in [0.4, 0.5) is 0 Å². The van der Waals surface area contributed by atoms with Crippen molar-refractivity contribution >= 4 is 14.6 Å². The summed E-state index contributed by atoms with van der Waals surface area (Å²) < 4.78 is 25.4. The first kappa shape index (κ1) is 28.2. The molecule has 2 rings (SSSR count). The first-order valence-electron chi connectivity index (χ1n) is 12.2. The highest BCUT2D eigenvalue weighted by Crippen LogP contribution is 2.41. The number of ether oxygens (including phenoxy) is 3. The second-order valence-corrected chi connectivity index (χ2v) is 16.8. The predicted molar refractivity (Wildman–Crippen MR) is 136 cm³/mol. The van der Waals surface area contributed by atoms with E-state index in [1.807, 2.05) is 32.0 Å². The second-order valence-electron chi connectivity index (χ2n) is 12.1. The van der Waals surface area contributed by atoms with E-state index in [2.05, 4.69) is 59.8 Å². The fraction of sp³-hybridized carbons (Fsp3) is 0.741. The molecular weight excluding hydrogens is 432 g/mol. The van der Waals surface area contributed by atoms with Gasteiger partial charge in [-0.05, 0) is 44.0 Å². The predicted octanol–water partition coefficient (Wildman–Crippen LogP) is 6.51. The summed E-state index contributed by atoms with van der Waals surface area (Å²) in [6, 6.07) is 10.2. The van der Waals surface area contributed by atoms with Gasteiger partial charge in [-0.2, -0.15) is 0 Å².